The molecule has 0 saturated carbocycles. The topological polar surface area (TPSA) is 156 Å². The summed E-state index contributed by atoms with van der Waals surface area (Å²) in [6.45, 7) is 2.92. The van der Waals surface area contributed by atoms with Crippen LogP contribution in [-0.2, 0) is 20.0 Å². The van der Waals surface area contributed by atoms with E-state index in [1.165, 1.54) is 0 Å². The van der Waals surface area contributed by atoms with E-state index in [1.54, 1.807) is 13.8 Å². The van der Waals surface area contributed by atoms with Crippen molar-refractivity contribution in [2.24, 2.45) is 0 Å². The second kappa shape index (κ2) is 9.08. The third kappa shape index (κ3) is 4.78. The molecular weight excluding hydrogens is 436 g/mol. The highest BCUT2D eigenvalue weighted by atomic mass is 32.2. The maximum Gasteiger partial charge on any atom is 0.243 e. The summed E-state index contributed by atoms with van der Waals surface area (Å²) in [7, 11) is -8.10. The van der Waals surface area contributed by atoms with Crippen molar-refractivity contribution in [2.75, 3.05) is 26.2 Å². The Morgan fingerprint density at radius 2 is 0.967 bits per heavy atom. The molecule has 2 aromatic carbocycles. The lowest BCUT2D eigenvalue weighted by Crippen LogP contribution is -2.40. The summed E-state index contributed by atoms with van der Waals surface area (Å²) in [5.41, 5.74) is 0. The molecule has 0 aromatic heterocycles. The molecule has 0 heterocycles. The van der Waals surface area contributed by atoms with Crippen LogP contribution in [0.4, 0.5) is 0 Å². The van der Waals surface area contributed by atoms with E-state index >= 15 is 0 Å². The Morgan fingerprint density at radius 3 is 1.23 bits per heavy atom. The molecule has 0 aliphatic rings. The lowest BCUT2D eigenvalue weighted by atomic mass is 10.3. The van der Waals surface area contributed by atoms with Crippen LogP contribution in [0.3, 0.4) is 0 Å². The number of benzene rings is 2. The predicted molar refractivity (Wildman–Crippen MR) is 108 cm³/mol. The lowest BCUT2D eigenvalue weighted by Gasteiger charge is -2.25. The van der Waals surface area contributed by atoms with Crippen molar-refractivity contribution in [3.63, 3.8) is 0 Å². The highest BCUT2D eigenvalue weighted by Crippen LogP contribution is 2.30. The van der Waals surface area contributed by atoms with Gasteiger partial charge in [-0.15, -0.1) is 0 Å². The summed E-state index contributed by atoms with van der Waals surface area (Å²) in [4.78, 5) is -0.483. The average Bonchev–Trinajstić information content (AvgIpc) is 2.68. The van der Waals surface area contributed by atoms with Gasteiger partial charge in [-0.05, 0) is 24.3 Å². The fraction of sp³-hybridized carbons (Fsp3) is 0.333. The van der Waals surface area contributed by atoms with Gasteiger partial charge in [-0.1, -0.05) is 13.8 Å². The smallest absolute Gasteiger partial charge is 0.243 e. The van der Waals surface area contributed by atoms with E-state index in [0.29, 0.717) is 0 Å². The van der Waals surface area contributed by atoms with E-state index in [0.717, 1.165) is 45.0 Å². The van der Waals surface area contributed by atoms with Crippen LogP contribution in [0.1, 0.15) is 13.8 Å². The Morgan fingerprint density at radius 1 is 0.633 bits per heavy atom. The van der Waals surface area contributed by atoms with Crippen LogP contribution in [0.25, 0.3) is 0 Å². The molecule has 2 rings (SSSR count). The number of phenolic OH excluding ortho intramolecular Hbond substituents is 4. The molecule has 0 aliphatic carbocycles. The van der Waals surface area contributed by atoms with Crippen molar-refractivity contribution < 1.29 is 37.3 Å². The molecule has 0 fully saturated rings. The Bertz CT molecular complexity index is 1030. The van der Waals surface area contributed by atoms with Gasteiger partial charge in [-0.25, -0.2) is 16.8 Å². The molecule has 2 aromatic rings. The van der Waals surface area contributed by atoms with Gasteiger partial charge in [-0.2, -0.15) is 8.61 Å². The maximum absolute atomic E-state index is 12.8. The number of phenols is 4. The van der Waals surface area contributed by atoms with Crippen LogP contribution in [0.5, 0.6) is 23.0 Å². The third-order valence-electron chi connectivity index (χ3n) is 4.47. The number of nitrogens with zero attached hydrogens (tertiary/aromatic N) is 2. The first kappa shape index (κ1) is 23.7. The van der Waals surface area contributed by atoms with Crippen LogP contribution in [0, 0.1) is 0 Å². The zero-order valence-corrected chi connectivity index (χ0v) is 18.1. The van der Waals surface area contributed by atoms with Crippen LogP contribution in [-0.4, -0.2) is 72.1 Å². The molecular formula is C18H24N2O8S2. The number of hydrogen-bond donors (Lipinski definition) is 4. The average molecular weight is 461 g/mol. The summed E-state index contributed by atoms with van der Waals surface area (Å²) in [5.74, 6) is -2.09. The Hall–Kier alpha value is -2.54. The van der Waals surface area contributed by atoms with E-state index in [2.05, 4.69) is 0 Å². The van der Waals surface area contributed by atoms with E-state index < -0.39 is 43.0 Å². The van der Waals surface area contributed by atoms with Crippen LogP contribution in [0.2, 0.25) is 0 Å². The van der Waals surface area contributed by atoms with Gasteiger partial charge in [0.2, 0.25) is 20.0 Å². The molecule has 166 valence electrons. The molecule has 10 nitrogen and oxygen atoms in total. The second-order valence-electron chi connectivity index (χ2n) is 6.29. The largest absolute Gasteiger partial charge is 0.504 e. The van der Waals surface area contributed by atoms with Crippen LogP contribution in [0.15, 0.2) is 46.2 Å². The summed E-state index contributed by atoms with van der Waals surface area (Å²) >= 11 is 0. The summed E-state index contributed by atoms with van der Waals surface area (Å²) in [5, 5.41) is 37.9. The first-order chi connectivity index (χ1) is 13.9. The van der Waals surface area contributed by atoms with Gasteiger partial charge in [-0.3, -0.25) is 0 Å². The minimum Gasteiger partial charge on any atom is -0.504 e. The predicted octanol–water partition coefficient (Wildman–Crippen LogP) is 1.23. The molecule has 4 N–H and O–H groups in total. The molecule has 0 saturated heterocycles. The van der Waals surface area contributed by atoms with Crippen molar-refractivity contribution >= 4 is 20.0 Å². The maximum atomic E-state index is 12.8. The Kier molecular flexibility index (Phi) is 7.18. The van der Waals surface area contributed by atoms with Gasteiger partial charge in [0.25, 0.3) is 0 Å². The minimum atomic E-state index is -4.05. The fourth-order valence-corrected chi connectivity index (χ4v) is 5.67. The van der Waals surface area contributed by atoms with Gasteiger partial charge >= 0.3 is 0 Å². The number of aromatic hydroxyl groups is 4. The minimum absolute atomic E-state index is 0.0432. The molecule has 0 bridgehead atoms. The molecule has 0 atom stereocenters. The Balaban J connectivity index is 2.26. The fourth-order valence-electron chi connectivity index (χ4n) is 2.75. The van der Waals surface area contributed by atoms with Crippen LogP contribution >= 0.6 is 0 Å². The first-order valence-corrected chi connectivity index (χ1v) is 11.9. The molecule has 12 heteroatoms. The highest BCUT2D eigenvalue weighted by molar-refractivity contribution is 7.89. The van der Waals surface area contributed by atoms with E-state index in [4.69, 9.17) is 0 Å². The Labute approximate surface area is 175 Å². The highest BCUT2D eigenvalue weighted by Gasteiger charge is 2.28. The van der Waals surface area contributed by atoms with E-state index in [1.807, 2.05) is 0 Å². The van der Waals surface area contributed by atoms with E-state index in [9.17, 15) is 37.3 Å². The third-order valence-corrected chi connectivity index (χ3v) is 8.41. The number of likely N-dealkylation sites (N-methyl/N-ethyl adjacent to an activating group) is 2. The number of rotatable bonds is 9. The molecule has 0 spiro atoms. The molecule has 30 heavy (non-hydrogen) atoms. The second-order valence-corrected chi connectivity index (χ2v) is 10.2. The zero-order valence-electron chi connectivity index (χ0n) is 16.4. The molecule has 0 unspecified atom stereocenters. The normalized spacial score (nSPS) is 12.5. The molecule has 0 aliphatic heterocycles. The zero-order chi connectivity index (χ0) is 22.7. The molecule has 0 radical (unpaired) electrons. The lowest BCUT2D eigenvalue weighted by molar-refractivity contribution is 0.358. The number of sulfonamides is 2. The van der Waals surface area contributed by atoms with Gasteiger partial charge in [0.15, 0.2) is 23.0 Å². The standard InChI is InChI=1S/C18H24N2O8S2/c1-3-19(29(25,26)13-5-7-15(21)17(23)11-13)9-10-20(4-2)30(27,28)14-6-8-16(22)18(24)12-14/h5-8,11-12,21-24H,3-4,9-10H2,1-2H3. The van der Waals surface area contributed by atoms with Crippen LogP contribution < -0.4 is 0 Å². The SMILES string of the molecule is CCN(CCN(CC)S(=O)(=O)c1ccc(O)c(O)c1)S(=O)(=O)c1ccc(O)c(O)c1. The first-order valence-electron chi connectivity index (χ1n) is 8.99. The van der Waals surface area contributed by atoms with Crippen molar-refractivity contribution in [1.82, 2.24) is 8.61 Å². The van der Waals surface area contributed by atoms with Crippen molar-refractivity contribution in [3.05, 3.63) is 36.4 Å². The van der Waals surface area contributed by atoms with Gasteiger partial charge < -0.3 is 20.4 Å². The quantitative estimate of drug-likeness (QED) is 0.407. The van der Waals surface area contributed by atoms with Gasteiger partial charge in [0.1, 0.15) is 0 Å². The van der Waals surface area contributed by atoms with Gasteiger partial charge in [0.05, 0.1) is 9.79 Å². The van der Waals surface area contributed by atoms with Crippen molar-refractivity contribution in [1.29, 1.82) is 0 Å². The van der Waals surface area contributed by atoms with E-state index in [-0.39, 0.29) is 36.0 Å². The summed E-state index contributed by atoms with van der Waals surface area (Å²) in [6.07, 6.45) is 0. The number of hydrogen-bond acceptors (Lipinski definition) is 8. The monoisotopic (exact) mass is 460 g/mol. The summed E-state index contributed by atoms with van der Waals surface area (Å²) < 4.78 is 53.4. The molecule has 0 amide bonds. The van der Waals surface area contributed by atoms with Crippen molar-refractivity contribution in [3.8, 4) is 23.0 Å². The summed E-state index contributed by atoms with van der Waals surface area (Å²) in [6, 6.07) is 6.22. The van der Waals surface area contributed by atoms with Crippen molar-refractivity contribution in [2.45, 2.75) is 23.6 Å². The van der Waals surface area contributed by atoms with Gasteiger partial charge in [0, 0.05) is 38.3 Å².